The van der Waals surface area contributed by atoms with Crippen molar-refractivity contribution < 1.29 is 14.6 Å². The number of aliphatic hydroxyl groups is 1. The van der Waals surface area contributed by atoms with E-state index in [1.54, 1.807) is 0 Å². The van der Waals surface area contributed by atoms with Crippen LogP contribution in [0.3, 0.4) is 0 Å². The van der Waals surface area contributed by atoms with Gasteiger partial charge in [-0.05, 0) is 10.8 Å². The van der Waals surface area contributed by atoms with Crippen molar-refractivity contribution in [2.45, 2.75) is 59.9 Å². The van der Waals surface area contributed by atoms with Gasteiger partial charge in [0.05, 0.1) is 19.3 Å². The number of aliphatic hydroxyl groups excluding tert-OH is 1. The molecule has 1 fully saturated rings. The fourth-order valence-corrected chi connectivity index (χ4v) is 2.02. The van der Waals surface area contributed by atoms with E-state index in [-0.39, 0.29) is 23.5 Å². The average Bonchev–Trinajstić information content (AvgIpc) is 2.45. The lowest BCUT2D eigenvalue weighted by Crippen LogP contribution is -2.40. The van der Waals surface area contributed by atoms with E-state index in [1.807, 2.05) is 0 Å². The van der Waals surface area contributed by atoms with E-state index in [0.717, 1.165) is 0 Å². The van der Waals surface area contributed by atoms with Crippen LogP contribution < -0.4 is 0 Å². The maximum absolute atomic E-state index is 9.51. The van der Waals surface area contributed by atoms with E-state index in [0.29, 0.717) is 13.0 Å². The van der Waals surface area contributed by atoms with Gasteiger partial charge in [-0.2, -0.15) is 0 Å². The molecule has 96 valence electrons. The molecular formula is C13H26O3. The molecule has 0 amide bonds. The summed E-state index contributed by atoms with van der Waals surface area (Å²) in [5.74, 6) is -0.795. The standard InChI is InChI=1S/C13H26O3/c1-11(2,3)8-13(9-14)15-7-10(16-13)12(4,5)6/h10,14H,7-9H2,1-6H3. The first-order valence-electron chi connectivity index (χ1n) is 6.01. The number of hydrogen-bond donors (Lipinski definition) is 1. The Morgan fingerprint density at radius 3 is 2.06 bits per heavy atom. The highest BCUT2D eigenvalue weighted by molar-refractivity contribution is 4.87. The van der Waals surface area contributed by atoms with Crippen molar-refractivity contribution in [1.82, 2.24) is 0 Å². The van der Waals surface area contributed by atoms with Crippen molar-refractivity contribution in [3.05, 3.63) is 0 Å². The fraction of sp³-hybridized carbons (Fsp3) is 1.00. The zero-order chi connectivity index (χ0) is 12.6. The van der Waals surface area contributed by atoms with Crippen LogP contribution in [-0.2, 0) is 9.47 Å². The van der Waals surface area contributed by atoms with Crippen LogP contribution in [-0.4, -0.2) is 30.2 Å². The topological polar surface area (TPSA) is 38.7 Å². The molecule has 3 nitrogen and oxygen atoms in total. The van der Waals surface area contributed by atoms with Gasteiger partial charge in [0.15, 0.2) is 5.79 Å². The first-order valence-corrected chi connectivity index (χ1v) is 6.01. The molecule has 1 saturated heterocycles. The summed E-state index contributed by atoms with van der Waals surface area (Å²) < 4.78 is 11.7. The second kappa shape index (κ2) is 4.28. The highest BCUT2D eigenvalue weighted by Gasteiger charge is 2.46. The van der Waals surface area contributed by atoms with Gasteiger partial charge in [0.2, 0.25) is 0 Å². The summed E-state index contributed by atoms with van der Waals surface area (Å²) in [4.78, 5) is 0. The summed E-state index contributed by atoms with van der Waals surface area (Å²) in [6.45, 7) is 13.3. The Hall–Kier alpha value is -0.120. The molecule has 0 spiro atoms. The predicted octanol–water partition coefficient (Wildman–Crippen LogP) is 2.57. The molecule has 1 aliphatic rings. The molecular weight excluding hydrogens is 204 g/mol. The molecule has 0 aliphatic carbocycles. The summed E-state index contributed by atoms with van der Waals surface area (Å²) in [7, 11) is 0. The molecule has 0 saturated carbocycles. The van der Waals surface area contributed by atoms with E-state index < -0.39 is 5.79 Å². The molecule has 1 N–H and O–H groups in total. The molecule has 0 aromatic heterocycles. The quantitative estimate of drug-likeness (QED) is 0.792. The van der Waals surface area contributed by atoms with Crippen LogP contribution in [0.5, 0.6) is 0 Å². The Bertz CT molecular complexity index is 237. The van der Waals surface area contributed by atoms with Crippen LogP contribution in [0, 0.1) is 10.8 Å². The molecule has 1 rings (SSSR count). The van der Waals surface area contributed by atoms with Gasteiger partial charge in [0.1, 0.15) is 0 Å². The van der Waals surface area contributed by atoms with Gasteiger partial charge in [0, 0.05) is 6.42 Å². The molecule has 2 atom stereocenters. The molecule has 0 bridgehead atoms. The van der Waals surface area contributed by atoms with Gasteiger partial charge in [-0.25, -0.2) is 0 Å². The third-order valence-corrected chi connectivity index (χ3v) is 2.86. The van der Waals surface area contributed by atoms with Crippen LogP contribution in [0.1, 0.15) is 48.0 Å². The molecule has 0 radical (unpaired) electrons. The molecule has 0 aromatic carbocycles. The first-order chi connectivity index (χ1) is 7.08. The molecule has 3 heteroatoms. The van der Waals surface area contributed by atoms with Gasteiger partial charge in [0.25, 0.3) is 0 Å². The summed E-state index contributed by atoms with van der Waals surface area (Å²) in [5.41, 5.74) is 0.129. The number of ether oxygens (including phenoxy) is 2. The van der Waals surface area contributed by atoms with Crippen molar-refractivity contribution in [1.29, 1.82) is 0 Å². The Morgan fingerprint density at radius 2 is 1.75 bits per heavy atom. The van der Waals surface area contributed by atoms with Crippen molar-refractivity contribution in [2.75, 3.05) is 13.2 Å². The van der Waals surface area contributed by atoms with E-state index in [1.165, 1.54) is 0 Å². The fourth-order valence-electron chi connectivity index (χ4n) is 2.02. The molecule has 1 aliphatic heterocycles. The van der Waals surface area contributed by atoms with Crippen LogP contribution >= 0.6 is 0 Å². The van der Waals surface area contributed by atoms with Gasteiger partial charge < -0.3 is 14.6 Å². The maximum atomic E-state index is 9.51. The van der Waals surface area contributed by atoms with Crippen molar-refractivity contribution in [3.8, 4) is 0 Å². The number of hydrogen-bond acceptors (Lipinski definition) is 3. The summed E-state index contributed by atoms with van der Waals surface area (Å²) in [6.07, 6.45) is 0.769. The largest absolute Gasteiger partial charge is 0.391 e. The second-order valence-electron chi connectivity index (χ2n) is 7.09. The van der Waals surface area contributed by atoms with E-state index >= 15 is 0 Å². The van der Waals surface area contributed by atoms with Crippen molar-refractivity contribution in [3.63, 3.8) is 0 Å². The van der Waals surface area contributed by atoms with E-state index in [9.17, 15) is 5.11 Å². The summed E-state index contributed by atoms with van der Waals surface area (Å²) >= 11 is 0. The monoisotopic (exact) mass is 230 g/mol. The van der Waals surface area contributed by atoms with Gasteiger partial charge in [-0.15, -0.1) is 0 Å². The predicted molar refractivity (Wildman–Crippen MR) is 64.2 cm³/mol. The molecule has 0 aromatic rings. The van der Waals surface area contributed by atoms with Crippen molar-refractivity contribution in [2.24, 2.45) is 10.8 Å². The van der Waals surface area contributed by atoms with E-state index in [4.69, 9.17) is 9.47 Å². The highest BCUT2D eigenvalue weighted by atomic mass is 16.8. The minimum absolute atomic E-state index is 0.0504. The highest BCUT2D eigenvalue weighted by Crippen LogP contribution is 2.39. The Kier molecular flexibility index (Phi) is 3.73. The Labute approximate surface area is 99.1 Å². The van der Waals surface area contributed by atoms with E-state index in [2.05, 4.69) is 41.5 Å². The Morgan fingerprint density at radius 1 is 1.19 bits per heavy atom. The smallest absolute Gasteiger partial charge is 0.192 e. The third kappa shape index (κ3) is 3.44. The average molecular weight is 230 g/mol. The minimum atomic E-state index is -0.795. The normalized spacial score (nSPS) is 32.1. The van der Waals surface area contributed by atoms with Crippen molar-refractivity contribution >= 4 is 0 Å². The molecule has 16 heavy (non-hydrogen) atoms. The summed E-state index contributed by atoms with van der Waals surface area (Å²) in [6, 6.07) is 0. The van der Waals surface area contributed by atoms with Crippen LogP contribution in [0.25, 0.3) is 0 Å². The van der Waals surface area contributed by atoms with Crippen LogP contribution in [0.4, 0.5) is 0 Å². The third-order valence-electron chi connectivity index (χ3n) is 2.86. The van der Waals surface area contributed by atoms with Crippen LogP contribution in [0.2, 0.25) is 0 Å². The molecule has 2 unspecified atom stereocenters. The molecule has 1 heterocycles. The van der Waals surface area contributed by atoms with Gasteiger partial charge >= 0.3 is 0 Å². The first kappa shape index (κ1) is 13.9. The summed E-state index contributed by atoms with van der Waals surface area (Å²) in [5, 5.41) is 9.51. The SMILES string of the molecule is CC(C)(C)CC1(CO)OCC(C(C)(C)C)O1. The van der Waals surface area contributed by atoms with Crippen LogP contribution in [0.15, 0.2) is 0 Å². The minimum Gasteiger partial charge on any atom is -0.391 e. The maximum Gasteiger partial charge on any atom is 0.192 e. The van der Waals surface area contributed by atoms with Gasteiger partial charge in [-0.1, -0.05) is 41.5 Å². The van der Waals surface area contributed by atoms with Gasteiger partial charge in [-0.3, -0.25) is 0 Å². The zero-order valence-electron chi connectivity index (χ0n) is 11.5. The lowest BCUT2D eigenvalue weighted by molar-refractivity contribution is -0.215. The zero-order valence-corrected chi connectivity index (χ0v) is 11.5. The second-order valence-corrected chi connectivity index (χ2v) is 7.09. The lowest BCUT2D eigenvalue weighted by Gasteiger charge is -2.34. The Balaban J connectivity index is 2.72. The lowest BCUT2D eigenvalue weighted by atomic mass is 9.87. The number of rotatable bonds is 2.